The smallest absolute Gasteiger partial charge is 0.239 e. The average Bonchev–Trinajstić information content (AvgIpc) is 2.28. The summed E-state index contributed by atoms with van der Waals surface area (Å²) in [6.45, 7) is 1.35. The van der Waals surface area contributed by atoms with Crippen LogP contribution in [0.25, 0.3) is 0 Å². The van der Waals surface area contributed by atoms with Crippen LogP contribution in [0.1, 0.15) is 13.3 Å². The minimum atomic E-state index is -0.274. The van der Waals surface area contributed by atoms with E-state index in [0.717, 1.165) is 4.90 Å². The number of hydrazine groups is 1. The van der Waals surface area contributed by atoms with Gasteiger partial charge >= 0.3 is 0 Å². The largest absolute Gasteiger partial charge is 0.274 e. The molecule has 0 fully saturated rings. The molecule has 1 aromatic rings. The monoisotopic (exact) mass is 238 g/mol. The minimum absolute atomic E-state index is 0.182. The SMILES string of the molecule is CC(=O)NNC(=O)CCSc1ccccc1. The zero-order valence-electron chi connectivity index (χ0n) is 9.03. The van der Waals surface area contributed by atoms with Crippen molar-refractivity contribution in [2.24, 2.45) is 0 Å². The first kappa shape index (κ1) is 12.6. The van der Waals surface area contributed by atoms with Gasteiger partial charge in [0.15, 0.2) is 0 Å². The van der Waals surface area contributed by atoms with Gasteiger partial charge in [0.1, 0.15) is 0 Å². The van der Waals surface area contributed by atoms with E-state index in [2.05, 4.69) is 10.9 Å². The summed E-state index contributed by atoms with van der Waals surface area (Å²) in [5, 5.41) is 0. The first-order chi connectivity index (χ1) is 7.68. The molecule has 2 N–H and O–H groups in total. The van der Waals surface area contributed by atoms with Gasteiger partial charge in [-0.2, -0.15) is 0 Å². The molecule has 0 atom stereocenters. The topological polar surface area (TPSA) is 58.2 Å². The highest BCUT2D eigenvalue weighted by molar-refractivity contribution is 7.99. The van der Waals surface area contributed by atoms with Crippen LogP contribution in [-0.2, 0) is 9.59 Å². The third kappa shape index (κ3) is 5.41. The van der Waals surface area contributed by atoms with E-state index in [1.54, 1.807) is 11.8 Å². The zero-order chi connectivity index (χ0) is 11.8. The van der Waals surface area contributed by atoms with Crippen molar-refractivity contribution in [2.45, 2.75) is 18.2 Å². The molecule has 0 unspecified atom stereocenters. The Morgan fingerprint density at radius 1 is 1.19 bits per heavy atom. The Balaban J connectivity index is 2.16. The predicted molar refractivity (Wildman–Crippen MR) is 63.7 cm³/mol. The summed E-state index contributed by atoms with van der Waals surface area (Å²) in [4.78, 5) is 22.8. The molecule has 0 spiro atoms. The number of nitrogens with one attached hydrogen (secondary N) is 2. The van der Waals surface area contributed by atoms with E-state index < -0.39 is 0 Å². The number of hydrogen-bond donors (Lipinski definition) is 2. The lowest BCUT2D eigenvalue weighted by Gasteiger charge is -2.04. The molecule has 0 aliphatic carbocycles. The first-order valence-corrected chi connectivity index (χ1v) is 5.90. The molecule has 1 aromatic carbocycles. The quantitative estimate of drug-likeness (QED) is 0.614. The molecule has 0 bridgehead atoms. The van der Waals surface area contributed by atoms with Crippen LogP contribution in [0.15, 0.2) is 35.2 Å². The Morgan fingerprint density at radius 3 is 2.50 bits per heavy atom. The summed E-state index contributed by atoms with van der Waals surface area (Å²) in [6, 6.07) is 9.86. The van der Waals surface area contributed by atoms with Gasteiger partial charge in [-0.1, -0.05) is 18.2 Å². The first-order valence-electron chi connectivity index (χ1n) is 4.92. The molecule has 5 heteroatoms. The van der Waals surface area contributed by atoms with E-state index in [1.807, 2.05) is 30.3 Å². The second-order valence-electron chi connectivity index (χ2n) is 3.14. The van der Waals surface area contributed by atoms with Gasteiger partial charge in [0.05, 0.1) is 0 Å². The third-order valence-corrected chi connectivity index (χ3v) is 2.73. The van der Waals surface area contributed by atoms with Crippen LogP contribution >= 0.6 is 11.8 Å². The molecule has 4 nitrogen and oxygen atoms in total. The van der Waals surface area contributed by atoms with Gasteiger partial charge in [-0.05, 0) is 12.1 Å². The lowest BCUT2D eigenvalue weighted by molar-refractivity contribution is -0.127. The molecule has 0 aliphatic rings. The minimum Gasteiger partial charge on any atom is -0.274 e. The van der Waals surface area contributed by atoms with Crippen LogP contribution in [-0.4, -0.2) is 17.6 Å². The molecule has 0 aromatic heterocycles. The lowest BCUT2D eigenvalue weighted by atomic mass is 10.4. The second kappa shape index (κ2) is 6.90. The third-order valence-electron chi connectivity index (χ3n) is 1.72. The van der Waals surface area contributed by atoms with E-state index in [-0.39, 0.29) is 11.8 Å². The summed E-state index contributed by atoms with van der Waals surface area (Å²) < 4.78 is 0. The summed E-state index contributed by atoms with van der Waals surface area (Å²) in [5.41, 5.74) is 4.56. The molecule has 16 heavy (non-hydrogen) atoms. The summed E-state index contributed by atoms with van der Waals surface area (Å²) in [5.74, 6) is 0.234. The Bertz CT molecular complexity index is 354. The Morgan fingerprint density at radius 2 is 1.88 bits per heavy atom. The van der Waals surface area contributed by atoms with Crippen LogP contribution < -0.4 is 10.9 Å². The van der Waals surface area contributed by atoms with Crippen molar-refractivity contribution in [3.05, 3.63) is 30.3 Å². The maximum Gasteiger partial charge on any atom is 0.239 e. The van der Waals surface area contributed by atoms with E-state index in [0.29, 0.717) is 12.2 Å². The maximum absolute atomic E-state index is 11.2. The van der Waals surface area contributed by atoms with Gasteiger partial charge in [-0.25, -0.2) is 0 Å². The molecular formula is C11H14N2O2S. The fraction of sp³-hybridized carbons (Fsp3) is 0.273. The molecule has 2 amide bonds. The normalized spacial score (nSPS) is 9.56. The summed E-state index contributed by atoms with van der Waals surface area (Å²) in [6.07, 6.45) is 0.375. The van der Waals surface area contributed by atoms with Gasteiger partial charge in [0, 0.05) is 24.0 Å². The number of benzene rings is 1. The van der Waals surface area contributed by atoms with Gasteiger partial charge in [-0.3, -0.25) is 20.4 Å². The molecule has 0 aliphatic heterocycles. The van der Waals surface area contributed by atoms with Crippen LogP contribution in [0.2, 0.25) is 0 Å². The van der Waals surface area contributed by atoms with E-state index in [9.17, 15) is 9.59 Å². The lowest BCUT2D eigenvalue weighted by Crippen LogP contribution is -2.40. The maximum atomic E-state index is 11.2. The molecule has 0 saturated carbocycles. The highest BCUT2D eigenvalue weighted by Crippen LogP contribution is 2.17. The van der Waals surface area contributed by atoms with Crippen molar-refractivity contribution in [3.8, 4) is 0 Å². The van der Waals surface area contributed by atoms with Gasteiger partial charge < -0.3 is 0 Å². The van der Waals surface area contributed by atoms with Crippen molar-refractivity contribution in [1.82, 2.24) is 10.9 Å². The van der Waals surface area contributed by atoms with E-state index in [1.165, 1.54) is 6.92 Å². The van der Waals surface area contributed by atoms with Crippen molar-refractivity contribution < 1.29 is 9.59 Å². The fourth-order valence-electron chi connectivity index (χ4n) is 0.999. The standard InChI is InChI=1S/C11H14N2O2S/c1-9(14)12-13-11(15)7-8-16-10-5-3-2-4-6-10/h2-6H,7-8H2,1H3,(H,12,14)(H,13,15). The molecule has 0 radical (unpaired) electrons. The van der Waals surface area contributed by atoms with Gasteiger partial charge in [0.2, 0.25) is 11.8 Å². The average molecular weight is 238 g/mol. The van der Waals surface area contributed by atoms with Crippen LogP contribution in [0, 0.1) is 0 Å². The number of rotatable bonds is 4. The van der Waals surface area contributed by atoms with Crippen LogP contribution in [0.4, 0.5) is 0 Å². The summed E-state index contributed by atoms with van der Waals surface area (Å²) in [7, 11) is 0. The van der Waals surface area contributed by atoms with Crippen LogP contribution in [0.3, 0.4) is 0 Å². The zero-order valence-corrected chi connectivity index (χ0v) is 9.84. The number of thioether (sulfide) groups is 1. The second-order valence-corrected chi connectivity index (χ2v) is 4.31. The molecule has 1 rings (SSSR count). The number of carbonyl (C=O) groups is 2. The molecule has 0 saturated heterocycles. The van der Waals surface area contributed by atoms with Gasteiger partial charge in [0.25, 0.3) is 0 Å². The van der Waals surface area contributed by atoms with Crippen molar-refractivity contribution in [1.29, 1.82) is 0 Å². The highest BCUT2D eigenvalue weighted by Gasteiger charge is 2.01. The summed E-state index contributed by atoms with van der Waals surface area (Å²) >= 11 is 1.61. The Kier molecular flexibility index (Phi) is 5.42. The number of amides is 2. The number of carbonyl (C=O) groups excluding carboxylic acids is 2. The molecule has 86 valence electrons. The predicted octanol–water partition coefficient (Wildman–Crippen LogP) is 1.34. The molecule has 0 heterocycles. The Hall–Kier alpha value is -1.49. The number of hydrogen-bond acceptors (Lipinski definition) is 3. The van der Waals surface area contributed by atoms with E-state index >= 15 is 0 Å². The highest BCUT2D eigenvalue weighted by atomic mass is 32.2. The van der Waals surface area contributed by atoms with Crippen molar-refractivity contribution in [3.63, 3.8) is 0 Å². The van der Waals surface area contributed by atoms with Crippen molar-refractivity contribution >= 4 is 23.6 Å². The van der Waals surface area contributed by atoms with Crippen LogP contribution in [0.5, 0.6) is 0 Å². The fourth-order valence-corrected chi connectivity index (χ4v) is 1.87. The Labute approximate surface area is 98.8 Å². The van der Waals surface area contributed by atoms with Gasteiger partial charge in [-0.15, -0.1) is 11.8 Å². The van der Waals surface area contributed by atoms with E-state index in [4.69, 9.17) is 0 Å². The molecular weight excluding hydrogens is 224 g/mol. The van der Waals surface area contributed by atoms with Crippen molar-refractivity contribution in [2.75, 3.05) is 5.75 Å².